The molecule has 0 heterocycles. The lowest BCUT2D eigenvalue weighted by Crippen LogP contribution is -2.43. The summed E-state index contributed by atoms with van der Waals surface area (Å²) in [6.07, 6.45) is 0. The predicted octanol–water partition coefficient (Wildman–Crippen LogP) is 1.62. The number of carbonyl (C=O) groups excluding carboxylic acids is 1. The van der Waals surface area contributed by atoms with Crippen LogP contribution in [0.5, 0.6) is 0 Å². The molecule has 0 aromatic heterocycles. The van der Waals surface area contributed by atoms with Crippen molar-refractivity contribution in [3.63, 3.8) is 0 Å². The Hall–Kier alpha value is -1.86. The molecule has 4 nitrogen and oxygen atoms in total. The van der Waals surface area contributed by atoms with Crippen LogP contribution in [-0.4, -0.2) is 18.1 Å². The Morgan fingerprint density at radius 1 is 1.41 bits per heavy atom. The summed E-state index contributed by atoms with van der Waals surface area (Å²) >= 11 is 0. The van der Waals surface area contributed by atoms with E-state index in [2.05, 4.69) is 5.32 Å². The third-order valence-corrected chi connectivity index (χ3v) is 2.08. The van der Waals surface area contributed by atoms with Crippen molar-refractivity contribution in [3.05, 3.63) is 35.9 Å². The second kappa shape index (κ2) is 6.02. The molecule has 0 unspecified atom stereocenters. The first-order chi connectivity index (χ1) is 8.03. The third-order valence-electron chi connectivity index (χ3n) is 2.08. The van der Waals surface area contributed by atoms with Crippen LogP contribution in [0.4, 0.5) is 0 Å². The minimum absolute atomic E-state index is 0.0417. The number of nitrogens with zero attached hydrogens (tertiary/aromatic N) is 1. The summed E-state index contributed by atoms with van der Waals surface area (Å²) in [5.41, 5.74) is 0.160. The van der Waals surface area contributed by atoms with E-state index >= 15 is 0 Å². The van der Waals surface area contributed by atoms with Gasteiger partial charge in [-0.15, -0.1) is 0 Å². The highest BCUT2D eigenvalue weighted by Gasteiger charge is 2.18. The molecule has 1 N–H and O–H groups in total. The number of hydrogen-bond acceptors (Lipinski definition) is 3. The van der Waals surface area contributed by atoms with Gasteiger partial charge in [0.05, 0.1) is 12.7 Å². The van der Waals surface area contributed by atoms with E-state index in [0.29, 0.717) is 6.61 Å². The second-order valence-electron chi connectivity index (χ2n) is 4.26. The summed E-state index contributed by atoms with van der Waals surface area (Å²) in [6.45, 7) is 3.63. The van der Waals surface area contributed by atoms with Crippen molar-refractivity contribution in [2.24, 2.45) is 0 Å². The van der Waals surface area contributed by atoms with Gasteiger partial charge in [-0.2, -0.15) is 5.26 Å². The summed E-state index contributed by atoms with van der Waals surface area (Å²) in [4.78, 5) is 11.4. The summed E-state index contributed by atoms with van der Waals surface area (Å²) < 4.78 is 5.25. The van der Waals surface area contributed by atoms with Gasteiger partial charge in [0.1, 0.15) is 12.1 Å². The van der Waals surface area contributed by atoms with E-state index in [-0.39, 0.29) is 12.5 Å². The van der Waals surface area contributed by atoms with Crippen molar-refractivity contribution < 1.29 is 9.53 Å². The normalized spacial score (nSPS) is 10.6. The van der Waals surface area contributed by atoms with Crippen LogP contribution in [0.15, 0.2) is 30.3 Å². The van der Waals surface area contributed by atoms with Crippen molar-refractivity contribution in [2.75, 3.05) is 6.61 Å². The fraction of sp³-hybridized carbons (Fsp3) is 0.385. The smallest absolute Gasteiger partial charge is 0.247 e. The molecule has 0 radical (unpaired) electrons. The average molecular weight is 232 g/mol. The Morgan fingerprint density at radius 2 is 2.06 bits per heavy atom. The Labute approximate surface area is 101 Å². The minimum Gasteiger partial charge on any atom is -0.367 e. The van der Waals surface area contributed by atoms with E-state index in [1.807, 2.05) is 36.4 Å². The molecule has 0 bridgehead atoms. The molecular formula is C13H16N2O2. The van der Waals surface area contributed by atoms with Gasteiger partial charge in [-0.25, -0.2) is 0 Å². The minimum atomic E-state index is -0.854. The third kappa shape index (κ3) is 5.14. The monoisotopic (exact) mass is 232 g/mol. The molecule has 0 spiro atoms. The van der Waals surface area contributed by atoms with Gasteiger partial charge in [-0.3, -0.25) is 4.79 Å². The number of benzene rings is 1. The number of ether oxygens (including phenoxy) is 1. The summed E-state index contributed by atoms with van der Waals surface area (Å²) in [5, 5.41) is 11.3. The zero-order valence-corrected chi connectivity index (χ0v) is 10.1. The van der Waals surface area contributed by atoms with Crippen LogP contribution in [0.25, 0.3) is 0 Å². The van der Waals surface area contributed by atoms with Gasteiger partial charge in [0.25, 0.3) is 0 Å². The Bertz CT molecular complexity index is 407. The first-order valence-electron chi connectivity index (χ1n) is 5.37. The number of amides is 1. The molecule has 1 amide bonds. The average Bonchev–Trinajstić information content (AvgIpc) is 2.30. The molecular weight excluding hydrogens is 216 g/mol. The number of carbonyl (C=O) groups is 1. The van der Waals surface area contributed by atoms with Gasteiger partial charge in [0.15, 0.2) is 0 Å². The van der Waals surface area contributed by atoms with E-state index in [4.69, 9.17) is 10.00 Å². The summed E-state index contributed by atoms with van der Waals surface area (Å²) in [6, 6.07) is 11.6. The van der Waals surface area contributed by atoms with Crippen molar-refractivity contribution in [1.82, 2.24) is 5.32 Å². The first-order valence-corrected chi connectivity index (χ1v) is 5.37. The van der Waals surface area contributed by atoms with Crippen molar-refractivity contribution in [2.45, 2.75) is 26.0 Å². The lowest BCUT2D eigenvalue weighted by Gasteiger charge is -2.17. The Morgan fingerprint density at radius 3 is 2.65 bits per heavy atom. The molecule has 1 aromatic rings. The Kier molecular flexibility index (Phi) is 4.68. The molecule has 0 atom stereocenters. The Balaban J connectivity index is 2.28. The number of nitriles is 1. The van der Waals surface area contributed by atoms with Crippen LogP contribution in [0, 0.1) is 11.3 Å². The van der Waals surface area contributed by atoms with Crippen molar-refractivity contribution in [1.29, 1.82) is 5.26 Å². The van der Waals surface area contributed by atoms with Crippen LogP contribution in [0.3, 0.4) is 0 Å². The molecule has 0 saturated carbocycles. The van der Waals surface area contributed by atoms with Gasteiger partial charge in [0.2, 0.25) is 5.91 Å². The SMILES string of the molecule is CC(C)(C#N)NC(=O)COCc1ccccc1. The van der Waals surface area contributed by atoms with Crippen LogP contribution >= 0.6 is 0 Å². The summed E-state index contributed by atoms with van der Waals surface area (Å²) in [7, 11) is 0. The van der Waals surface area contributed by atoms with Gasteiger partial charge in [0, 0.05) is 0 Å². The van der Waals surface area contributed by atoms with E-state index in [1.54, 1.807) is 13.8 Å². The van der Waals surface area contributed by atoms with Crippen LogP contribution in [0.1, 0.15) is 19.4 Å². The van der Waals surface area contributed by atoms with E-state index in [9.17, 15) is 4.79 Å². The zero-order chi connectivity index (χ0) is 12.7. The van der Waals surface area contributed by atoms with Crippen LogP contribution in [-0.2, 0) is 16.1 Å². The van der Waals surface area contributed by atoms with E-state index in [1.165, 1.54) is 0 Å². The van der Waals surface area contributed by atoms with Crippen molar-refractivity contribution >= 4 is 5.91 Å². The van der Waals surface area contributed by atoms with E-state index < -0.39 is 5.54 Å². The molecule has 1 aromatic carbocycles. The van der Waals surface area contributed by atoms with Gasteiger partial charge in [-0.1, -0.05) is 30.3 Å². The molecule has 17 heavy (non-hydrogen) atoms. The first kappa shape index (κ1) is 13.2. The molecule has 0 saturated heterocycles. The van der Waals surface area contributed by atoms with Gasteiger partial charge >= 0.3 is 0 Å². The fourth-order valence-electron chi connectivity index (χ4n) is 1.25. The second-order valence-corrected chi connectivity index (χ2v) is 4.26. The molecule has 4 heteroatoms. The number of hydrogen-bond donors (Lipinski definition) is 1. The standard InChI is InChI=1S/C13H16N2O2/c1-13(2,10-14)15-12(16)9-17-8-11-6-4-3-5-7-11/h3-7H,8-9H2,1-2H3,(H,15,16). The summed E-state index contributed by atoms with van der Waals surface area (Å²) in [5.74, 6) is -0.285. The molecule has 0 aliphatic heterocycles. The topological polar surface area (TPSA) is 62.1 Å². The maximum atomic E-state index is 11.4. The molecule has 1 rings (SSSR count). The number of nitrogens with one attached hydrogen (secondary N) is 1. The molecule has 0 fully saturated rings. The maximum absolute atomic E-state index is 11.4. The lowest BCUT2D eigenvalue weighted by atomic mass is 10.1. The maximum Gasteiger partial charge on any atom is 0.247 e. The highest BCUT2D eigenvalue weighted by molar-refractivity contribution is 5.78. The number of rotatable bonds is 5. The van der Waals surface area contributed by atoms with Crippen LogP contribution < -0.4 is 5.32 Å². The highest BCUT2D eigenvalue weighted by Crippen LogP contribution is 2.01. The quantitative estimate of drug-likeness (QED) is 0.839. The lowest BCUT2D eigenvalue weighted by molar-refractivity contribution is -0.127. The van der Waals surface area contributed by atoms with Crippen LogP contribution in [0.2, 0.25) is 0 Å². The van der Waals surface area contributed by atoms with Gasteiger partial charge < -0.3 is 10.1 Å². The largest absolute Gasteiger partial charge is 0.367 e. The van der Waals surface area contributed by atoms with Gasteiger partial charge in [-0.05, 0) is 19.4 Å². The molecule has 0 aliphatic rings. The van der Waals surface area contributed by atoms with E-state index in [0.717, 1.165) is 5.56 Å². The zero-order valence-electron chi connectivity index (χ0n) is 10.1. The molecule has 90 valence electrons. The fourth-order valence-corrected chi connectivity index (χ4v) is 1.25. The molecule has 0 aliphatic carbocycles. The predicted molar refractivity (Wildman–Crippen MR) is 63.9 cm³/mol. The van der Waals surface area contributed by atoms with Crippen molar-refractivity contribution in [3.8, 4) is 6.07 Å². The highest BCUT2D eigenvalue weighted by atomic mass is 16.5.